The first-order chi connectivity index (χ1) is 18.0. The molecule has 3 heterocycles. The quantitative estimate of drug-likeness (QED) is 0.231. The van der Waals surface area contributed by atoms with Gasteiger partial charge in [0.2, 0.25) is 5.88 Å². The van der Waals surface area contributed by atoms with Crippen molar-refractivity contribution in [1.82, 2.24) is 10.1 Å². The molecule has 0 unspecified atom stereocenters. The minimum absolute atomic E-state index is 0.0273. The second-order valence-electron chi connectivity index (χ2n) is 9.35. The van der Waals surface area contributed by atoms with Gasteiger partial charge in [-0.25, -0.2) is 18.7 Å². The Labute approximate surface area is 219 Å². The number of rotatable bonds is 9. The average molecular weight is 550 g/mol. The van der Waals surface area contributed by atoms with E-state index < -0.39 is 25.9 Å². The number of urea groups is 1. The van der Waals surface area contributed by atoms with Gasteiger partial charge in [-0.1, -0.05) is 17.3 Å². The lowest BCUT2D eigenvalue weighted by Gasteiger charge is -2.36. The van der Waals surface area contributed by atoms with Crippen molar-refractivity contribution >= 4 is 33.7 Å². The molecule has 0 aliphatic carbocycles. The van der Waals surface area contributed by atoms with E-state index in [0.717, 1.165) is 11.1 Å². The zero-order valence-corrected chi connectivity index (χ0v) is 21.8. The molecular weight excluding hydrogens is 519 g/mol. The van der Waals surface area contributed by atoms with Crippen molar-refractivity contribution in [3.05, 3.63) is 54.4 Å². The number of benzene rings is 1. The van der Waals surface area contributed by atoms with Crippen LogP contribution >= 0.6 is 0 Å². The molecule has 204 valence electrons. The van der Waals surface area contributed by atoms with Gasteiger partial charge in [-0.3, -0.25) is 5.32 Å². The van der Waals surface area contributed by atoms with Crippen LogP contribution in [0.15, 0.2) is 53.2 Å². The van der Waals surface area contributed by atoms with Gasteiger partial charge in [-0.2, -0.15) is 3.89 Å². The molecule has 14 heteroatoms. The van der Waals surface area contributed by atoms with Crippen molar-refractivity contribution in [3.63, 3.8) is 0 Å². The van der Waals surface area contributed by atoms with Gasteiger partial charge in [0.25, 0.3) is 0 Å². The van der Waals surface area contributed by atoms with E-state index in [9.17, 15) is 22.2 Å². The number of alkyl halides is 1. The molecule has 0 atom stereocenters. The molecular formula is C24H30FN6O6S+. The van der Waals surface area contributed by atoms with E-state index >= 15 is 0 Å². The zero-order chi connectivity index (χ0) is 27.4. The van der Waals surface area contributed by atoms with Crippen LogP contribution in [0.5, 0.6) is 0 Å². The van der Waals surface area contributed by atoms with Crippen molar-refractivity contribution in [2.45, 2.75) is 19.5 Å². The van der Waals surface area contributed by atoms with E-state index in [1.807, 2.05) is 18.2 Å². The molecule has 1 aliphatic heterocycles. The first-order valence-electron chi connectivity index (χ1n) is 11.9. The Balaban J connectivity index is 1.30. The molecule has 4 N–H and O–H groups in total. The van der Waals surface area contributed by atoms with Crippen LogP contribution in [0.1, 0.15) is 19.5 Å². The number of nitrogens with one attached hydrogen (secondary N) is 3. The summed E-state index contributed by atoms with van der Waals surface area (Å²) >= 11 is 0. The van der Waals surface area contributed by atoms with Crippen molar-refractivity contribution in [2.24, 2.45) is 0 Å². The van der Waals surface area contributed by atoms with E-state index in [2.05, 4.69) is 26.1 Å². The second-order valence-corrected chi connectivity index (χ2v) is 11.0. The summed E-state index contributed by atoms with van der Waals surface area (Å²) in [5.41, 5.74) is 0.623. The van der Waals surface area contributed by atoms with Crippen LogP contribution in [0.2, 0.25) is 0 Å². The number of nitrogens with zero attached hydrogens (tertiary/aromatic N) is 3. The molecule has 38 heavy (non-hydrogen) atoms. The third kappa shape index (κ3) is 6.64. The molecule has 3 aromatic rings. The largest absolute Gasteiger partial charge is 0.433 e. The SMILES string of the molecule is CC(C)(F)c1cc(NC(=O)Nc2ccc(-c3ccc(NCC[N+]4(S(=O)(=O)O)CCOCC4)nc3)cc2)on1. The number of quaternary nitrogens is 1. The molecule has 4 rings (SSSR count). The van der Waals surface area contributed by atoms with Gasteiger partial charge >= 0.3 is 16.3 Å². The molecule has 0 radical (unpaired) electrons. The molecule has 2 aromatic heterocycles. The third-order valence-electron chi connectivity index (χ3n) is 6.20. The molecule has 2 amide bonds. The fourth-order valence-electron chi connectivity index (χ4n) is 3.94. The lowest BCUT2D eigenvalue weighted by atomic mass is 10.1. The van der Waals surface area contributed by atoms with Gasteiger partial charge in [0.05, 0.1) is 19.8 Å². The molecule has 1 saturated heterocycles. The van der Waals surface area contributed by atoms with Gasteiger partial charge in [0.15, 0.2) is 5.67 Å². The maximum Gasteiger partial charge on any atom is 0.433 e. The lowest BCUT2D eigenvalue weighted by Crippen LogP contribution is -2.60. The van der Waals surface area contributed by atoms with Crippen LogP contribution in [0.25, 0.3) is 11.1 Å². The molecule has 1 aromatic carbocycles. The predicted molar refractivity (Wildman–Crippen MR) is 139 cm³/mol. The molecule has 0 spiro atoms. The van der Waals surface area contributed by atoms with Crippen molar-refractivity contribution < 1.29 is 35.3 Å². The Morgan fingerprint density at radius 3 is 2.37 bits per heavy atom. The number of carbonyl (C=O) groups is 1. The summed E-state index contributed by atoms with van der Waals surface area (Å²) in [4.78, 5) is 16.6. The first-order valence-corrected chi connectivity index (χ1v) is 13.3. The Morgan fingerprint density at radius 1 is 1.11 bits per heavy atom. The predicted octanol–water partition coefficient (Wildman–Crippen LogP) is 3.65. The molecule has 1 aliphatic rings. The van der Waals surface area contributed by atoms with Gasteiger partial charge in [0.1, 0.15) is 31.1 Å². The van der Waals surface area contributed by atoms with Crippen LogP contribution in [0.4, 0.5) is 26.6 Å². The number of hydrogen-bond acceptors (Lipinski definition) is 8. The lowest BCUT2D eigenvalue weighted by molar-refractivity contribution is -0.818. The van der Waals surface area contributed by atoms with Crippen LogP contribution in [-0.2, 0) is 20.7 Å². The fourth-order valence-corrected chi connectivity index (χ4v) is 4.87. The van der Waals surface area contributed by atoms with Crippen molar-refractivity contribution in [3.8, 4) is 11.1 Å². The fraction of sp³-hybridized carbons (Fsp3) is 0.375. The summed E-state index contributed by atoms with van der Waals surface area (Å²) in [6.45, 7) is 4.08. The number of ether oxygens (including phenoxy) is 1. The van der Waals surface area contributed by atoms with Gasteiger partial charge in [-0.05, 0) is 43.7 Å². The molecule has 12 nitrogen and oxygen atoms in total. The third-order valence-corrected chi connectivity index (χ3v) is 7.72. The van der Waals surface area contributed by atoms with Gasteiger partial charge in [-0.15, -0.1) is 8.42 Å². The van der Waals surface area contributed by atoms with E-state index in [1.54, 1.807) is 24.4 Å². The monoisotopic (exact) mass is 549 g/mol. The number of anilines is 3. The Hall–Kier alpha value is -3.59. The average Bonchev–Trinajstić information content (AvgIpc) is 3.34. The summed E-state index contributed by atoms with van der Waals surface area (Å²) in [5, 5.41) is 11.8. The smallest absolute Gasteiger partial charge is 0.370 e. The Bertz CT molecular complexity index is 1350. The van der Waals surface area contributed by atoms with Crippen LogP contribution in [0, 0.1) is 0 Å². The van der Waals surface area contributed by atoms with Gasteiger partial charge in [0, 0.05) is 23.5 Å². The number of amides is 2. The summed E-state index contributed by atoms with van der Waals surface area (Å²) < 4.78 is 57.2. The molecule has 1 fully saturated rings. The van der Waals surface area contributed by atoms with Crippen molar-refractivity contribution in [2.75, 3.05) is 55.3 Å². The number of pyridine rings is 1. The van der Waals surface area contributed by atoms with E-state index in [0.29, 0.717) is 18.1 Å². The highest BCUT2D eigenvalue weighted by molar-refractivity contribution is 7.80. The van der Waals surface area contributed by atoms with Crippen LogP contribution in [-0.4, -0.2) is 72.4 Å². The number of aromatic nitrogens is 2. The van der Waals surface area contributed by atoms with Crippen LogP contribution in [0.3, 0.4) is 0 Å². The first kappa shape index (κ1) is 27.4. The Kier molecular flexibility index (Phi) is 7.97. The van der Waals surface area contributed by atoms with E-state index in [4.69, 9.17) is 9.26 Å². The molecule has 0 bridgehead atoms. The minimum Gasteiger partial charge on any atom is -0.370 e. The topological polar surface area (TPSA) is 156 Å². The van der Waals surface area contributed by atoms with Gasteiger partial charge < -0.3 is 19.9 Å². The number of halogens is 1. The highest BCUT2D eigenvalue weighted by atomic mass is 32.2. The number of carbonyl (C=O) groups excluding carboxylic acids is 1. The maximum absolute atomic E-state index is 13.9. The standard InChI is InChI=1S/C24H29FN6O6S/c1-24(2,25)20-15-22(37-30-20)29-23(32)28-19-6-3-17(4-7-19)18-5-8-21(27-16-18)26-9-10-31(38(33,34)35)11-13-36-14-12-31/h3-8,15-16H,9-14H2,1-2H3,(H3-,26,27,28,29,30,32,33,34,35)/p+1. The summed E-state index contributed by atoms with van der Waals surface area (Å²) in [7, 11) is -4.27. The summed E-state index contributed by atoms with van der Waals surface area (Å²) in [6.07, 6.45) is 1.67. The van der Waals surface area contributed by atoms with Crippen molar-refractivity contribution in [1.29, 1.82) is 0 Å². The normalized spacial score (nSPS) is 15.6. The number of morpholine rings is 1. The highest BCUT2D eigenvalue weighted by Gasteiger charge is 2.42. The summed E-state index contributed by atoms with van der Waals surface area (Å²) in [5.74, 6) is 0.594. The summed E-state index contributed by atoms with van der Waals surface area (Å²) in [6, 6.07) is 11.5. The number of hydrogen-bond donors (Lipinski definition) is 4. The minimum atomic E-state index is -4.27. The zero-order valence-electron chi connectivity index (χ0n) is 21.0. The molecule has 0 saturated carbocycles. The van der Waals surface area contributed by atoms with E-state index in [-0.39, 0.29) is 44.4 Å². The highest BCUT2D eigenvalue weighted by Crippen LogP contribution is 2.26. The van der Waals surface area contributed by atoms with Crippen LogP contribution < -0.4 is 16.0 Å². The Morgan fingerprint density at radius 2 is 1.79 bits per heavy atom. The maximum atomic E-state index is 13.9. The van der Waals surface area contributed by atoms with E-state index in [1.165, 1.54) is 19.9 Å². The second kappa shape index (κ2) is 11.0.